The topological polar surface area (TPSA) is 43.4 Å². The van der Waals surface area contributed by atoms with Crippen molar-refractivity contribution in [1.29, 1.82) is 0 Å². The lowest BCUT2D eigenvalue weighted by atomic mass is 9.92. The van der Waals surface area contributed by atoms with Crippen molar-refractivity contribution < 1.29 is 14.3 Å². The summed E-state index contributed by atoms with van der Waals surface area (Å²) in [5, 5.41) is 0.611. The van der Waals surface area contributed by atoms with E-state index in [1.165, 1.54) is 0 Å². The molecule has 0 aliphatic heterocycles. The molecule has 1 unspecified atom stereocenters. The van der Waals surface area contributed by atoms with Gasteiger partial charge in [0.1, 0.15) is 11.7 Å². The third kappa shape index (κ3) is 4.34. The van der Waals surface area contributed by atoms with Crippen molar-refractivity contribution in [2.24, 2.45) is 11.8 Å². The number of carbonyl (C=O) groups is 2. The van der Waals surface area contributed by atoms with Gasteiger partial charge in [-0.3, -0.25) is 9.59 Å². The van der Waals surface area contributed by atoms with E-state index in [0.717, 1.165) is 18.4 Å². The van der Waals surface area contributed by atoms with E-state index in [4.69, 9.17) is 16.3 Å². The molecule has 2 rings (SSSR count). The van der Waals surface area contributed by atoms with Crippen LogP contribution in [-0.4, -0.2) is 18.4 Å². The van der Waals surface area contributed by atoms with E-state index in [1.807, 2.05) is 12.1 Å². The largest absolute Gasteiger partial charge is 0.465 e. The summed E-state index contributed by atoms with van der Waals surface area (Å²) in [5.41, 5.74) is 0.889. The number of hydrogen-bond donors (Lipinski definition) is 0. The van der Waals surface area contributed by atoms with Gasteiger partial charge < -0.3 is 4.74 Å². The summed E-state index contributed by atoms with van der Waals surface area (Å²) < 4.78 is 5.04. The number of ketones is 1. The number of carbonyl (C=O) groups excluding carboxylic acids is 2. The van der Waals surface area contributed by atoms with Crippen LogP contribution in [0.15, 0.2) is 24.3 Å². The van der Waals surface area contributed by atoms with E-state index >= 15 is 0 Å². The first-order chi connectivity index (χ1) is 9.60. The van der Waals surface area contributed by atoms with Gasteiger partial charge in [0.2, 0.25) is 0 Å². The molecule has 0 heterocycles. The summed E-state index contributed by atoms with van der Waals surface area (Å²) in [7, 11) is 0. The Morgan fingerprint density at radius 1 is 1.40 bits per heavy atom. The van der Waals surface area contributed by atoms with Crippen molar-refractivity contribution in [3.05, 3.63) is 34.9 Å². The lowest BCUT2D eigenvalue weighted by Gasteiger charge is -2.14. The predicted octanol–water partition coefficient (Wildman–Crippen LogP) is 3.43. The molecule has 1 aromatic carbocycles. The van der Waals surface area contributed by atoms with Crippen LogP contribution in [0.4, 0.5) is 0 Å². The second-order valence-electron chi connectivity index (χ2n) is 5.25. The number of Topliss-reactive ketones (excluding diaryl/α,β-unsaturated/α-hetero) is 1. The van der Waals surface area contributed by atoms with Crippen molar-refractivity contribution >= 4 is 23.4 Å². The molecule has 1 atom stereocenters. The Hall–Kier alpha value is -1.35. The van der Waals surface area contributed by atoms with E-state index in [1.54, 1.807) is 19.1 Å². The van der Waals surface area contributed by atoms with Crippen molar-refractivity contribution in [3.8, 4) is 0 Å². The predicted molar refractivity (Wildman–Crippen MR) is 77.6 cm³/mol. The van der Waals surface area contributed by atoms with Crippen molar-refractivity contribution in [2.75, 3.05) is 6.61 Å². The first kappa shape index (κ1) is 15.0. The van der Waals surface area contributed by atoms with Crippen molar-refractivity contribution in [3.63, 3.8) is 0 Å². The zero-order valence-corrected chi connectivity index (χ0v) is 12.4. The van der Waals surface area contributed by atoms with Gasteiger partial charge in [0.25, 0.3) is 0 Å². The lowest BCUT2D eigenvalue weighted by molar-refractivity contribution is -0.151. The Bertz CT molecular complexity index is 494. The Morgan fingerprint density at radius 2 is 2.15 bits per heavy atom. The van der Waals surface area contributed by atoms with Gasteiger partial charge in [0.15, 0.2) is 0 Å². The molecule has 0 aromatic heterocycles. The molecule has 3 nitrogen and oxygen atoms in total. The Kier molecular flexibility index (Phi) is 5.18. The summed E-state index contributed by atoms with van der Waals surface area (Å²) in [4.78, 5) is 24.3. The van der Waals surface area contributed by atoms with Gasteiger partial charge in [-0.15, -0.1) is 0 Å². The lowest BCUT2D eigenvalue weighted by Crippen LogP contribution is -2.28. The standard InChI is InChI=1S/C16H19ClO3/c1-2-20-16(19)14(15(18)10-11-6-7-11)9-12-4-3-5-13(17)8-12/h3-5,8,11,14H,2,6-7,9-10H2,1H3. The van der Waals surface area contributed by atoms with Crippen LogP contribution in [0.1, 0.15) is 31.7 Å². The number of esters is 1. The molecular weight excluding hydrogens is 276 g/mol. The molecular formula is C16H19ClO3. The maximum Gasteiger partial charge on any atom is 0.316 e. The normalized spacial score (nSPS) is 15.7. The van der Waals surface area contributed by atoms with Crippen LogP contribution in [0.2, 0.25) is 5.02 Å². The first-order valence-corrected chi connectivity index (χ1v) is 7.41. The molecule has 0 saturated heterocycles. The van der Waals surface area contributed by atoms with Gasteiger partial charge in [-0.1, -0.05) is 23.7 Å². The van der Waals surface area contributed by atoms with Gasteiger partial charge in [0.05, 0.1) is 6.61 Å². The Balaban J connectivity index is 2.08. The van der Waals surface area contributed by atoms with Crippen LogP contribution in [0.5, 0.6) is 0 Å². The molecule has 1 fully saturated rings. The van der Waals surface area contributed by atoms with Gasteiger partial charge >= 0.3 is 5.97 Å². The minimum absolute atomic E-state index is 0.00840. The van der Waals surface area contributed by atoms with Gasteiger partial charge in [-0.25, -0.2) is 0 Å². The maximum atomic E-state index is 12.3. The monoisotopic (exact) mass is 294 g/mol. The third-order valence-corrected chi connectivity index (χ3v) is 3.71. The van der Waals surface area contributed by atoms with Crippen LogP contribution >= 0.6 is 11.6 Å². The molecule has 0 bridgehead atoms. The fourth-order valence-corrected chi connectivity index (χ4v) is 2.43. The highest BCUT2D eigenvalue weighted by atomic mass is 35.5. The highest BCUT2D eigenvalue weighted by Gasteiger charge is 2.33. The van der Waals surface area contributed by atoms with E-state index < -0.39 is 11.9 Å². The Labute approximate surface area is 124 Å². The number of ether oxygens (including phenoxy) is 1. The fourth-order valence-electron chi connectivity index (χ4n) is 2.22. The average Bonchev–Trinajstić information content (AvgIpc) is 3.20. The van der Waals surface area contributed by atoms with Crippen molar-refractivity contribution in [1.82, 2.24) is 0 Å². The molecule has 0 spiro atoms. The minimum atomic E-state index is -0.700. The van der Waals surface area contributed by atoms with E-state index in [2.05, 4.69) is 0 Å². The zero-order valence-electron chi connectivity index (χ0n) is 11.6. The number of hydrogen-bond acceptors (Lipinski definition) is 3. The fraction of sp³-hybridized carbons (Fsp3) is 0.500. The molecule has 20 heavy (non-hydrogen) atoms. The maximum absolute atomic E-state index is 12.3. The quantitative estimate of drug-likeness (QED) is 0.571. The average molecular weight is 295 g/mol. The summed E-state index contributed by atoms with van der Waals surface area (Å²) in [6.45, 7) is 2.04. The SMILES string of the molecule is CCOC(=O)C(Cc1cccc(Cl)c1)C(=O)CC1CC1. The summed E-state index contributed by atoms with van der Waals surface area (Å²) >= 11 is 5.94. The molecule has 1 saturated carbocycles. The number of rotatable bonds is 7. The van der Waals surface area contributed by atoms with E-state index in [-0.39, 0.29) is 5.78 Å². The molecule has 0 N–H and O–H groups in total. The van der Waals surface area contributed by atoms with Gasteiger partial charge in [-0.2, -0.15) is 0 Å². The molecule has 1 aliphatic carbocycles. The number of halogens is 1. The minimum Gasteiger partial charge on any atom is -0.465 e. The van der Waals surface area contributed by atoms with Gasteiger partial charge in [-0.05, 0) is 49.8 Å². The smallest absolute Gasteiger partial charge is 0.316 e. The third-order valence-electron chi connectivity index (χ3n) is 3.48. The molecule has 1 aliphatic rings. The molecule has 0 amide bonds. The second kappa shape index (κ2) is 6.89. The van der Waals surface area contributed by atoms with Crippen LogP contribution in [0, 0.1) is 11.8 Å². The summed E-state index contributed by atoms with van der Waals surface area (Å²) in [5.74, 6) is -0.656. The summed E-state index contributed by atoms with van der Waals surface area (Å²) in [6, 6.07) is 7.27. The zero-order chi connectivity index (χ0) is 14.5. The van der Waals surface area contributed by atoms with Crippen LogP contribution in [0.3, 0.4) is 0 Å². The second-order valence-corrected chi connectivity index (χ2v) is 5.69. The molecule has 4 heteroatoms. The summed E-state index contributed by atoms with van der Waals surface area (Å²) in [6.07, 6.45) is 3.05. The molecule has 0 radical (unpaired) electrons. The molecule has 108 valence electrons. The van der Waals surface area contributed by atoms with Gasteiger partial charge in [0, 0.05) is 11.4 Å². The Morgan fingerprint density at radius 3 is 2.75 bits per heavy atom. The highest BCUT2D eigenvalue weighted by Crippen LogP contribution is 2.34. The number of benzene rings is 1. The molecule has 1 aromatic rings. The highest BCUT2D eigenvalue weighted by molar-refractivity contribution is 6.30. The first-order valence-electron chi connectivity index (χ1n) is 7.04. The van der Waals surface area contributed by atoms with Crippen LogP contribution in [0.25, 0.3) is 0 Å². The van der Waals surface area contributed by atoms with E-state index in [0.29, 0.717) is 30.4 Å². The van der Waals surface area contributed by atoms with Crippen LogP contribution in [-0.2, 0) is 20.7 Å². The van der Waals surface area contributed by atoms with Crippen molar-refractivity contribution in [2.45, 2.75) is 32.6 Å². The van der Waals surface area contributed by atoms with Crippen LogP contribution < -0.4 is 0 Å². The van der Waals surface area contributed by atoms with E-state index in [9.17, 15) is 9.59 Å².